The summed E-state index contributed by atoms with van der Waals surface area (Å²) < 4.78 is 47.5. The quantitative estimate of drug-likeness (QED) is 0.637. The fourth-order valence-electron chi connectivity index (χ4n) is 1.78. The van der Waals surface area contributed by atoms with Gasteiger partial charge in [0.2, 0.25) is 0 Å². The summed E-state index contributed by atoms with van der Waals surface area (Å²) in [6.45, 7) is 0. The molecule has 2 aromatic carbocycles. The first-order chi connectivity index (χ1) is 10.8. The summed E-state index contributed by atoms with van der Waals surface area (Å²) in [5.41, 5.74) is -0.578. The van der Waals surface area contributed by atoms with Gasteiger partial charge in [0.1, 0.15) is 0 Å². The van der Waals surface area contributed by atoms with E-state index in [4.69, 9.17) is 14.7 Å². The number of halogens is 3. The minimum Gasteiger partial charge on any atom is -0.493 e. The minimum absolute atomic E-state index is 0.0376. The Labute approximate surface area is 129 Å². The van der Waals surface area contributed by atoms with Gasteiger partial charge in [0.25, 0.3) is 0 Å². The zero-order valence-corrected chi connectivity index (χ0v) is 11.8. The van der Waals surface area contributed by atoms with Gasteiger partial charge in [0, 0.05) is 6.07 Å². The van der Waals surface area contributed by atoms with Crippen LogP contribution in [0.5, 0.6) is 11.5 Å². The van der Waals surface area contributed by atoms with E-state index in [1.165, 1.54) is 25.3 Å². The fourth-order valence-corrected chi connectivity index (χ4v) is 1.78. The standard InChI is InChI=1S/C16H10F3NO3/c1-22-14-8-10(9-20)2-7-13(14)23-15(21)11-3-5-12(6-4-11)16(17,18)19/h2-8H,1H3. The number of nitrogens with zero attached hydrogens (tertiary/aromatic N) is 1. The molecule has 0 saturated heterocycles. The fraction of sp³-hybridized carbons (Fsp3) is 0.125. The summed E-state index contributed by atoms with van der Waals surface area (Å²) in [7, 11) is 1.34. The first-order valence-corrected chi connectivity index (χ1v) is 6.32. The topological polar surface area (TPSA) is 59.3 Å². The molecule has 0 unspecified atom stereocenters. The second-order valence-corrected chi connectivity index (χ2v) is 4.44. The molecule has 0 amide bonds. The van der Waals surface area contributed by atoms with E-state index in [9.17, 15) is 18.0 Å². The second kappa shape index (κ2) is 6.40. The van der Waals surface area contributed by atoms with Crippen LogP contribution in [0.25, 0.3) is 0 Å². The first kappa shape index (κ1) is 16.4. The van der Waals surface area contributed by atoms with Crippen molar-refractivity contribution in [1.29, 1.82) is 5.26 Å². The van der Waals surface area contributed by atoms with Crippen LogP contribution >= 0.6 is 0 Å². The van der Waals surface area contributed by atoms with E-state index in [1.807, 2.05) is 6.07 Å². The van der Waals surface area contributed by atoms with Crippen molar-refractivity contribution in [2.75, 3.05) is 7.11 Å². The number of carbonyl (C=O) groups is 1. The minimum atomic E-state index is -4.47. The molecule has 0 saturated carbocycles. The Balaban J connectivity index is 2.21. The van der Waals surface area contributed by atoms with Crippen LogP contribution in [0, 0.1) is 11.3 Å². The summed E-state index contributed by atoms with van der Waals surface area (Å²) in [5.74, 6) is -0.595. The molecule has 2 aromatic rings. The summed E-state index contributed by atoms with van der Waals surface area (Å²) in [6, 6.07) is 9.75. The normalized spacial score (nSPS) is 10.7. The van der Waals surface area contributed by atoms with Crippen molar-refractivity contribution in [3.8, 4) is 17.6 Å². The molecule has 0 heterocycles. The van der Waals surface area contributed by atoms with Gasteiger partial charge in [0.05, 0.1) is 29.9 Å². The number of nitriles is 1. The van der Waals surface area contributed by atoms with E-state index in [2.05, 4.69) is 0 Å². The predicted octanol–water partition coefficient (Wildman–Crippen LogP) is 3.80. The van der Waals surface area contributed by atoms with Gasteiger partial charge in [-0.15, -0.1) is 0 Å². The van der Waals surface area contributed by atoms with Gasteiger partial charge >= 0.3 is 12.1 Å². The highest BCUT2D eigenvalue weighted by molar-refractivity contribution is 5.91. The number of rotatable bonds is 3. The van der Waals surface area contributed by atoms with Gasteiger partial charge in [-0.2, -0.15) is 18.4 Å². The van der Waals surface area contributed by atoms with Gasteiger partial charge in [-0.3, -0.25) is 0 Å². The predicted molar refractivity (Wildman–Crippen MR) is 74.1 cm³/mol. The third-order valence-electron chi connectivity index (χ3n) is 2.94. The van der Waals surface area contributed by atoms with Gasteiger partial charge in [-0.05, 0) is 36.4 Å². The Hall–Kier alpha value is -3.01. The molecule has 2 rings (SSSR count). The maximum Gasteiger partial charge on any atom is 0.416 e. The second-order valence-electron chi connectivity index (χ2n) is 4.44. The maximum atomic E-state index is 12.5. The third-order valence-corrected chi connectivity index (χ3v) is 2.94. The van der Waals surface area contributed by atoms with Crippen LogP contribution in [0.3, 0.4) is 0 Å². The monoisotopic (exact) mass is 321 g/mol. The molecule has 4 nitrogen and oxygen atoms in total. The van der Waals surface area contributed by atoms with Crippen LogP contribution in [0.2, 0.25) is 0 Å². The Morgan fingerprint density at radius 1 is 1.09 bits per heavy atom. The van der Waals surface area contributed by atoms with Crippen LogP contribution in [0.1, 0.15) is 21.5 Å². The van der Waals surface area contributed by atoms with Crippen molar-refractivity contribution < 1.29 is 27.4 Å². The zero-order valence-electron chi connectivity index (χ0n) is 11.8. The van der Waals surface area contributed by atoms with E-state index in [-0.39, 0.29) is 17.1 Å². The molecule has 0 aliphatic carbocycles. The number of ether oxygens (including phenoxy) is 2. The number of esters is 1. The smallest absolute Gasteiger partial charge is 0.416 e. The van der Waals surface area contributed by atoms with E-state index in [1.54, 1.807) is 0 Å². The van der Waals surface area contributed by atoms with Crippen molar-refractivity contribution in [1.82, 2.24) is 0 Å². The largest absolute Gasteiger partial charge is 0.493 e. The molecule has 0 bridgehead atoms. The van der Waals surface area contributed by atoms with E-state index >= 15 is 0 Å². The van der Waals surface area contributed by atoms with Gasteiger partial charge in [-0.25, -0.2) is 4.79 Å². The van der Waals surface area contributed by atoms with Gasteiger partial charge < -0.3 is 9.47 Å². The van der Waals surface area contributed by atoms with Crippen molar-refractivity contribution >= 4 is 5.97 Å². The Kier molecular flexibility index (Phi) is 4.55. The number of hydrogen-bond donors (Lipinski definition) is 0. The number of carbonyl (C=O) groups excluding carboxylic acids is 1. The number of methoxy groups -OCH3 is 1. The molecular formula is C16H10F3NO3. The zero-order chi connectivity index (χ0) is 17.0. The van der Waals surface area contributed by atoms with Crippen molar-refractivity contribution in [3.63, 3.8) is 0 Å². The lowest BCUT2D eigenvalue weighted by atomic mass is 10.1. The summed E-state index contributed by atoms with van der Waals surface area (Å²) in [5, 5.41) is 8.79. The lowest BCUT2D eigenvalue weighted by Crippen LogP contribution is -2.11. The Morgan fingerprint density at radius 3 is 2.26 bits per heavy atom. The summed E-state index contributed by atoms with van der Waals surface area (Å²) in [4.78, 5) is 12.0. The van der Waals surface area contributed by atoms with Crippen molar-refractivity contribution in [3.05, 3.63) is 59.2 Å². The number of alkyl halides is 3. The van der Waals surface area contributed by atoms with Gasteiger partial charge in [-0.1, -0.05) is 0 Å². The number of benzene rings is 2. The van der Waals surface area contributed by atoms with Crippen molar-refractivity contribution in [2.24, 2.45) is 0 Å². The molecule has 0 aromatic heterocycles. The highest BCUT2D eigenvalue weighted by Crippen LogP contribution is 2.30. The molecule has 0 aliphatic rings. The lowest BCUT2D eigenvalue weighted by Gasteiger charge is -2.10. The Morgan fingerprint density at radius 2 is 1.74 bits per heavy atom. The average Bonchev–Trinajstić information content (AvgIpc) is 2.54. The average molecular weight is 321 g/mol. The SMILES string of the molecule is COc1cc(C#N)ccc1OC(=O)c1ccc(C(F)(F)F)cc1. The molecule has 0 fully saturated rings. The Bertz CT molecular complexity index is 762. The van der Waals surface area contributed by atoms with Gasteiger partial charge in [0.15, 0.2) is 11.5 Å². The molecule has 0 spiro atoms. The van der Waals surface area contributed by atoms with Crippen LogP contribution in [0.15, 0.2) is 42.5 Å². The van der Waals surface area contributed by atoms with Crippen LogP contribution in [-0.2, 0) is 6.18 Å². The van der Waals surface area contributed by atoms with E-state index in [0.717, 1.165) is 24.3 Å². The highest BCUT2D eigenvalue weighted by Gasteiger charge is 2.30. The molecular weight excluding hydrogens is 311 g/mol. The van der Waals surface area contributed by atoms with Crippen molar-refractivity contribution in [2.45, 2.75) is 6.18 Å². The molecule has 118 valence electrons. The molecule has 23 heavy (non-hydrogen) atoms. The summed E-state index contributed by atoms with van der Waals surface area (Å²) in [6.07, 6.45) is -4.47. The molecule has 7 heteroatoms. The number of hydrogen-bond acceptors (Lipinski definition) is 4. The van der Waals surface area contributed by atoms with Crippen LogP contribution in [-0.4, -0.2) is 13.1 Å². The molecule has 0 aliphatic heterocycles. The van der Waals surface area contributed by atoms with E-state index < -0.39 is 17.7 Å². The molecule has 0 N–H and O–H groups in total. The maximum absolute atomic E-state index is 12.5. The lowest BCUT2D eigenvalue weighted by molar-refractivity contribution is -0.137. The molecule has 0 radical (unpaired) electrons. The highest BCUT2D eigenvalue weighted by atomic mass is 19.4. The van der Waals surface area contributed by atoms with E-state index in [0.29, 0.717) is 5.56 Å². The van der Waals surface area contributed by atoms with Crippen LogP contribution in [0.4, 0.5) is 13.2 Å². The summed E-state index contributed by atoms with van der Waals surface area (Å²) >= 11 is 0. The third kappa shape index (κ3) is 3.80. The van der Waals surface area contributed by atoms with Crippen LogP contribution < -0.4 is 9.47 Å². The molecule has 0 atom stereocenters. The first-order valence-electron chi connectivity index (χ1n) is 6.32.